The van der Waals surface area contributed by atoms with E-state index in [1.165, 1.54) is 10.7 Å². The first kappa shape index (κ1) is 15.5. The molecule has 0 radical (unpaired) electrons. The number of nitrogens with one attached hydrogen (secondary N) is 1. The van der Waals surface area contributed by atoms with Crippen LogP contribution in [-0.4, -0.2) is 21.4 Å². The van der Waals surface area contributed by atoms with Crippen molar-refractivity contribution in [3.8, 4) is 11.4 Å². The van der Waals surface area contributed by atoms with E-state index in [0.717, 1.165) is 19.4 Å². The third-order valence-electron chi connectivity index (χ3n) is 3.06. The van der Waals surface area contributed by atoms with Crippen LogP contribution >= 0.6 is 11.6 Å². The van der Waals surface area contributed by atoms with Crippen molar-refractivity contribution >= 4 is 11.6 Å². The van der Waals surface area contributed by atoms with E-state index in [1.54, 1.807) is 24.3 Å². The molecule has 1 aromatic heterocycles. The normalized spacial score (nSPS) is 10.8. The van der Waals surface area contributed by atoms with Crippen LogP contribution in [0.15, 0.2) is 35.1 Å². The Labute approximate surface area is 128 Å². The minimum Gasteiger partial charge on any atom is -0.506 e. The Morgan fingerprint density at radius 1 is 1.33 bits per heavy atom. The summed E-state index contributed by atoms with van der Waals surface area (Å²) in [6.07, 6.45) is 2.15. The Morgan fingerprint density at radius 2 is 2.05 bits per heavy atom. The Morgan fingerprint density at radius 3 is 2.71 bits per heavy atom. The molecule has 1 heterocycles. The number of benzene rings is 1. The second kappa shape index (κ2) is 7.24. The summed E-state index contributed by atoms with van der Waals surface area (Å²) >= 11 is 5.84. The van der Waals surface area contributed by atoms with Gasteiger partial charge in [0.25, 0.3) is 5.56 Å². The fourth-order valence-corrected chi connectivity index (χ4v) is 2.01. The quantitative estimate of drug-likeness (QED) is 0.805. The molecule has 0 saturated carbocycles. The van der Waals surface area contributed by atoms with Crippen molar-refractivity contribution in [1.29, 1.82) is 0 Å². The van der Waals surface area contributed by atoms with Gasteiger partial charge in [0, 0.05) is 17.6 Å². The first-order chi connectivity index (χ1) is 10.1. The molecule has 21 heavy (non-hydrogen) atoms. The molecule has 0 atom stereocenters. The predicted molar refractivity (Wildman–Crippen MR) is 83.1 cm³/mol. The monoisotopic (exact) mass is 307 g/mol. The number of hydrogen-bond acceptors (Lipinski definition) is 4. The molecule has 0 aliphatic heterocycles. The zero-order valence-electron chi connectivity index (χ0n) is 11.8. The number of aromatic nitrogens is 2. The molecule has 0 fully saturated rings. The topological polar surface area (TPSA) is 67.2 Å². The van der Waals surface area contributed by atoms with Gasteiger partial charge in [-0.3, -0.25) is 4.79 Å². The van der Waals surface area contributed by atoms with Crippen LogP contribution < -0.4 is 10.9 Å². The molecule has 1 aromatic carbocycles. The summed E-state index contributed by atoms with van der Waals surface area (Å²) in [7, 11) is 0. The molecule has 0 amide bonds. The molecular formula is C15H18ClN3O2. The van der Waals surface area contributed by atoms with Crippen LogP contribution in [0.2, 0.25) is 5.02 Å². The molecule has 0 saturated heterocycles. The van der Waals surface area contributed by atoms with Crippen LogP contribution in [0.3, 0.4) is 0 Å². The van der Waals surface area contributed by atoms with E-state index < -0.39 is 0 Å². The molecule has 2 rings (SSSR count). The van der Waals surface area contributed by atoms with E-state index in [1.807, 2.05) is 0 Å². The molecule has 0 aliphatic carbocycles. The molecule has 5 nitrogen and oxygen atoms in total. The fourth-order valence-electron chi connectivity index (χ4n) is 1.88. The molecule has 0 unspecified atom stereocenters. The van der Waals surface area contributed by atoms with Crippen molar-refractivity contribution < 1.29 is 5.11 Å². The minimum absolute atomic E-state index is 0.0887. The maximum atomic E-state index is 11.9. The summed E-state index contributed by atoms with van der Waals surface area (Å²) in [4.78, 5) is 11.9. The van der Waals surface area contributed by atoms with Gasteiger partial charge < -0.3 is 10.4 Å². The largest absolute Gasteiger partial charge is 0.506 e. The Kier molecular flexibility index (Phi) is 5.36. The van der Waals surface area contributed by atoms with Crippen LogP contribution in [0.4, 0.5) is 0 Å². The highest BCUT2D eigenvalue weighted by molar-refractivity contribution is 6.30. The van der Waals surface area contributed by atoms with E-state index in [2.05, 4.69) is 17.3 Å². The van der Waals surface area contributed by atoms with Gasteiger partial charge in [-0.15, -0.1) is 0 Å². The van der Waals surface area contributed by atoms with Crippen molar-refractivity contribution in [2.75, 3.05) is 6.54 Å². The standard InChI is InChI=1S/C15H18ClN3O2/c1-2-3-8-17-10-13-14(20)9-15(21)19(18-13)12-6-4-11(16)5-7-12/h4-7,9,17,20H,2-3,8,10H2,1H3. The molecule has 0 bridgehead atoms. The van der Waals surface area contributed by atoms with Crippen LogP contribution in [0.25, 0.3) is 5.69 Å². The average Bonchev–Trinajstić information content (AvgIpc) is 2.47. The van der Waals surface area contributed by atoms with Gasteiger partial charge in [0.1, 0.15) is 11.4 Å². The zero-order valence-corrected chi connectivity index (χ0v) is 12.6. The molecule has 6 heteroatoms. The number of hydrogen-bond donors (Lipinski definition) is 2. The lowest BCUT2D eigenvalue weighted by Crippen LogP contribution is -2.24. The molecule has 112 valence electrons. The Hall–Kier alpha value is -1.85. The SMILES string of the molecule is CCCCNCc1nn(-c2ccc(Cl)cc2)c(=O)cc1O. The van der Waals surface area contributed by atoms with Crippen LogP contribution in [0.5, 0.6) is 5.75 Å². The summed E-state index contributed by atoms with van der Waals surface area (Å²) in [6.45, 7) is 3.37. The molecule has 0 aliphatic rings. The summed E-state index contributed by atoms with van der Waals surface area (Å²) < 4.78 is 1.26. The van der Waals surface area contributed by atoms with Gasteiger partial charge in [0.05, 0.1) is 5.69 Å². The summed E-state index contributed by atoms with van der Waals surface area (Å²) in [5.74, 6) is -0.0887. The van der Waals surface area contributed by atoms with Crippen LogP contribution in [-0.2, 0) is 6.54 Å². The fraction of sp³-hybridized carbons (Fsp3) is 0.333. The smallest absolute Gasteiger partial charge is 0.275 e. The third-order valence-corrected chi connectivity index (χ3v) is 3.31. The van der Waals surface area contributed by atoms with Crippen LogP contribution in [0.1, 0.15) is 25.5 Å². The predicted octanol–water partition coefficient (Wildman–Crippen LogP) is 2.48. The van der Waals surface area contributed by atoms with E-state index in [4.69, 9.17) is 11.6 Å². The first-order valence-electron chi connectivity index (χ1n) is 6.90. The number of aromatic hydroxyl groups is 1. The summed E-state index contributed by atoms with van der Waals surface area (Å²) in [6, 6.07) is 7.98. The molecular weight excluding hydrogens is 290 g/mol. The summed E-state index contributed by atoms with van der Waals surface area (Å²) in [5.41, 5.74) is 0.673. The van der Waals surface area contributed by atoms with E-state index >= 15 is 0 Å². The first-order valence-corrected chi connectivity index (χ1v) is 7.28. The highest BCUT2D eigenvalue weighted by atomic mass is 35.5. The zero-order chi connectivity index (χ0) is 15.2. The van der Waals surface area contributed by atoms with Gasteiger partial charge >= 0.3 is 0 Å². The summed E-state index contributed by atoms with van der Waals surface area (Å²) in [5, 5.41) is 17.8. The van der Waals surface area contributed by atoms with Gasteiger partial charge in [0.2, 0.25) is 0 Å². The maximum Gasteiger partial charge on any atom is 0.275 e. The van der Waals surface area contributed by atoms with Gasteiger partial charge in [-0.05, 0) is 37.2 Å². The second-order valence-corrected chi connectivity index (χ2v) is 5.17. The van der Waals surface area contributed by atoms with Gasteiger partial charge in [-0.1, -0.05) is 24.9 Å². The number of unbranched alkanes of at least 4 members (excludes halogenated alkanes) is 1. The highest BCUT2D eigenvalue weighted by Crippen LogP contribution is 2.14. The number of nitrogens with zero attached hydrogens (tertiary/aromatic N) is 2. The van der Waals surface area contributed by atoms with E-state index in [-0.39, 0.29) is 11.3 Å². The van der Waals surface area contributed by atoms with Gasteiger partial charge in [0.15, 0.2) is 0 Å². The van der Waals surface area contributed by atoms with Crippen molar-refractivity contribution in [2.24, 2.45) is 0 Å². The highest BCUT2D eigenvalue weighted by Gasteiger charge is 2.09. The number of rotatable bonds is 6. The minimum atomic E-state index is -0.382. The van der Waals surface area contributed by atoms with Crippen molar-refractivity contribution in [1.82, 2.24) is 15.1 Å². The van der Waals surface area contributed by atoms with Crippen molar-refractivity contribution in [2.45, 2.75) is 26.3 Å². The Balaban J connectivity index is 2.25. The molecule has 2 aromatic rings. The molecule has 0 spiro atoms. The van der Waals surface area contributed by atoms with Gasteiger partial charge in [-0.25, -0.2) is 0 Å². The van der Waals surface area contributed by atoms with Crippen molar-refractivity contribution in [3.63, 3.8) is 0 Å². The number of halogens is 1. The Bertz CT molecular complexity index is 653. The van der Waals surface area contributed by atoms with Gasteiger partial charge in [-0.2, -0.15) is 9.78 Å². The van der Waals surface area contributed by atoms with E-state index in [9.17, 15) is 9.90 Å². The maximum absolute atomic E-state index is 11.9. The second-order valence-electron chi connectivity index (χ2n) is 4.73. The lowest BCUT2D eigenvalue weighted by molar-refractivity contribution is 0.451. The average molecular weight is 308 g/mol. The van der Waals surface area contributed by atoms with Crippen molar-refractivity contribution in [3.05, 3.63) is 51.4 Å². The lowest BCUT2D eigenvalue weighted by atomic mass is 10.3. The van der Waals surface area contributed by atoms with Crippen LogP contribution in [0, 0.1) is 0 Å². The van der Waals surface area contributed by atoms with E-state index in [0.29, 0.717) is 22.9 Å². The lowest BCUT2D eigenvalue weighted by Gasteiger charge is -2.09. The third kappa shape index (κ3) is 4.06. The molecule has 2 N–H and O–H groups in total.